The van der Waals surface area contributed by atoms with E-state index in [1.54, 1.807) is 0 Å². The van der Waals surface area contributed by atoms with Crippen LogP contribution in [0.5, 0.6) is 0 Å². The first-order chi connectivity index (χ1) is 4.86. The third kappa shape index (κ3) is 1.43. The van der Waals surface area contributed by atoms with Crippen LogP contribution in [0.3, 0.4) is 0 Å². The average molecular weight is 137 g/mol. The fourth-order valence-electron chi connectivity index (χ4n) is 0.692. The Hall–Kier alpha value is -1.12. The molecule has 0 bridgehead atoms. The number of H-pyrrole nitrogens is 1. The molecule has 1 aromatic heterocycles. The van der Waals surface area contributed by atoms with Crippen LogP contribution in [-0.2, 0) is 6.42 Å². The molecule has 0 atom stereocenters. The highest BCUT2D eigenvalue weighted by Crippen LogP contribution is 1.94. The van der Waals surface area contributed by atoms with Gasteiger partial charge in [0.1, 0.15) is 5.82 Å². The van der Waals surface area contributed by atoms with Gasteiger partial charge in [0.2, 0.25) is 0 Å². The zero-order valence-corrected chi connectivity index (χ0v) is 6.26. The molecule has 0 saturated carbocycles. The normalized spacial score (nSPS) is 11.0. The van der Waals surface area contributed by atoms with Crippen molar-refractivity contribution in [1.29, 1.82) is 0 Å². The van der Waals surface area contributed by atoms with E-state index in [2.05, 4.69) is 15.2 Å². The fraction of sp³-hybridized carbons (Fsp3) is 0.429. The van der Waals surface area contributed by atoms with Crippen molar-refractivity contribution >= 4 is 6.08 Å². The zero-order valence-electron chi connectivity index (χ0n) is 6.26. The fourth-order valence-corrected chi connectivity index (χ4v) is 0.692. The van der Waals surface area contributed by atoms with E-state index in [9.17, 15) is 0 Å². The highest BCUT2D eigenvalue weighted by molar-refractivity contribution is 5.37. The monoisotopic (exact) mass is 137 g/mol. The Morgan fingerprint density at radius 1 is 1.60 bits per heavy atom. The molecule has 0 aliphatic carbocycles. The molecule has 0 amide bonds. The Kier molecular flexibility index (Phi) is 2.20. The van der Waals surface area contributed by atoms with Crippen molar-refractivity contribution in [1.82, 2.24) is 15.2 Å². The molecule has 1 N–H and O–H groups in total. The first-order valence-corrected chi connectivity index (χ1v) is 3.40. The topological polar surface area (TPSA) is 41.6 Å². The van der Waals surface area contributed by atoms with Crippen LogP contribution in [0.15, 0.2) is 6.08 Å². The van der Waals surface area contributed by atoms with Crippen LogP contribution >= 0.6 is 0 Å². The summed E-state index contributed by atoms with van der Waals surface area (Å²) in [5.41, 5.74) is 0. The predicted octanol–water partition coefficient (Wildman–Crippen LogP) is 1.40. The summed E-state index contributed by atoms with van der Waals surface area (Å²) in [6.45, 7) is 3.99. The van der Waals surface area contributed by atoms with E-state index < -0.39 is 0 Å². The number of allylic oxidation sites excluding steroid dienone is 1. The second kappa shape index (κ2) is 3.15. The molecule has 10 heavy (non-hydrogen) atoms. The van der Waals surface area contributed by atoms with Crippen molar-refractivity contribution in [2.45, 2.75) is 20.3 Å². The van der Waals surface area contributed by atoms with E-state index in [0.717, 1.165) is 18.1 Å². The lowest BCUT2D eigenvalue weighted by molar-refractivity contribution is 0.946. The standard InChI is InChI=1S/C7H11N3/c1-3-5-7-8-6(4-2)9-10-7/h3,5H,4H2,1-2H3,(H,8,9,10)/b5-3+. The van der Waals surface area contributed by atoms with Crippen molar-refractivity contribution in [2.24, 2.45) is 0 Å². The maximum atomic E-state index is 4.16. The molecule has 0 fully saturated rings. The SMILES string of the molecule is C/C=C/c1n[nH]c(CC)n1. The molecule has 0 aliphatic rings. The number of rotatable bonds is 2. The molecule has 54 valence electrons. The number of nitrogens with one attached hydrogen (secondary N) is 1. The quantitative estimate of drug-likeness (QED) is 0.669. The molecule has 0 saturated heterocycles. The zero-order chi connectivity index (χ0) is 7.40. The van der Waals surface area contributed by atoms with Gasteiger partial charge in [0, 0.05) is 6.42 Å². The molecule has 1 heterocycles. The molecule has 0 aliphatic heterocycles. The van der Waals surface area contributed by atoms with E-state index in [1.165, 1.54) is 0 Å². The van der Waals surface area contributed by atoms with E-state index in [0.29, 0.717) is 0 Å². The van der Waals surface area contributed by atoms with Gasteiger partial charge in [0.25, 0.3) is 0 Å². The van der Waals surface area contributed by atoms with Crippen molar-refractivity contribution in [3.05, 3.63) is 17.7 Å². The lowest BCUT2D eigenvalue weighted by Crippen LogP contribution is -1.80. The smallest absolute Gasteiger partial charge is 0.173 e. The minimum atomic E-state index is 0.763. The van der Waals surface area contributed by atoms with Gasteiger partial charge in [0.05, 0.1) is 0 Å². The number of aromatic nitrogens is 3. The van der Waals surface area contributed by atoms with Gasteiger partial charge in [-0.1, -0.05) is 13.0 Å². The van der Waals surface area contributed by atoms with E-state index in [4.69, 9.17) is 0 Å². The first kappa shape index (κ1) is 6.99. The highest BCUT2D eigenvalue weighted by atomic mass is 15.2. The number of aromatic amines is 1. The van der Waals surface area contributed by atoms with Crippen LogP contribution in [-0.4, -0.2) is 15.2 Å². The van der Waals surface area contributed by atoms with Gasteiger partial charge in [-0.15, -0.1) is 0 Å². The van der Waals surface area contributed by atoms with E-state index in [-0.39, 0.29) is 0 Å². The van der Waals surface area contributed by atoms with E-state index >= 15 is 0 Å². The third-order valence-electron chi connectivity index (χ3n) is 1.20. The van der Waals surface area contributed by atoms with Crippen molar-refractivity contribution in [2.75, 3.05) is 0 Å². The van der Waals surface area contributed by atoms with Crippen molar-refractivity contribution in [3.63, 3.8) is 0 Å². The average Bonchev–Trinajstić information content (AvgIpc) is 2.37. The van der Waals surface area contributed by atoms with Gasteiger partial charge < -0.3 is 0 Å². The predicted molar refractivity (Wildman–Crippen MR) is 40.5 cm³/mol. The highest BCUT2D eigenvalue weighted by Gasteiger charge is 1.94. The van der Waals surface area contributed by atoms with Crippen LogP contribution < -0.4 is 0 Å². The van der Waals surface area contributed by atoms with Gasteiger partial charge >= 0.3 is 0 Å². The number of nitrogens with zero attached hydrogens (tertiary/aromatic N) is 2. The Morgan fingerprint density at radius 3 is 2.90 bits per heavy atom. The van der Waals surface area contributed by atoms with Gasteiger partial charge in [0.15, 0.2) is 5.82 Å². The molecule has 3 heteroatoms. The summed E-state index contributed by atoms with van der Waals surface area (Å²) >= 11 is 0. The largest absolute Gasteiger partial charge is 0.263 e. The number of hydrogen-bond donors (Lipinski definition) is 1. The summed E-state index contributed by atoms with van der Waals surface area (Å²) in [4.78, 5) is 4.16. The summed E-state index contributed by atoms with van der Waals surface area (Å²) in [7, 11) is 0. The van der Waals surface area contributed by atoms with Crippen LogP contribution in [0.25, 0.3) is 6.08 Å². The molecule has 0 unspecified atom stereocenters. The third-order valence-corrected chi connectivity index (χ3v) is 1.20. The molecule has 3 nitrogen and oxygen atoms in total. The van der Waals surface area contributed by atoms with Gasteiger partial charge in [-0.3, -0.25) is 5.10 Å². The van der Waals surface area contributed by atoms with Crippen LogP contribution in [0.2, 0.25) is 0 Å². The molecule has 0 aromatic carbocycles. The second-order valence-corrected chi connectivity index (χ2v) is 1.99. The van der Waals surface area contributed by atoms with E-state index in [1.807, 2.05) is 26.0 Å². The molecular weight excluding hydrogens is 126 g/mol. The van der Waals surface area contributed by atoms with Gasteiger partial charge in [-0.05, 0) is 13.0 Å². The molecule has 0 radical (unpaired) electrons. The first-order valence-electron chi connectivity index (χ1n) is 3.40. The number of hydrogen-bond acceptors (Lipinski definition) is 2. The Morgan fingerprint density at radius 2 is 2.40 bits per heavy atom. The summed E-state index contributed by atoms with van der Waals surface area (Å²) in [5.74, 6) is 1.70. The molecule has 1 aromatic rings. The van der Waals surface area contributed by atoms with Crippen LogP contribution in [0.1, 0.15) is 25.5 Å². The summed E-state index contributed by atoms with van der Waals surface area (Å²) < 4.78 is 0. The maximum Gasteiger partial charge on any atom is 0.173 e. The minimum Gasteiger partial charge on any atom is -0.263 e. The number of aryl methyl sites for hydroxylation is 1. The van der Waals surface area contributed by atoms with Crippen LogP contribution in [0, 0.1) is 0 Å². The summed E-state index contributed by atoms with van der Waals surface area (Å²) in [6.07, 6.45) is 4.70. The summed E-state index contributed by atoms with van der Waals surface area (Å²) in [6, 6.07) is 0. The Balaban J connectivity index is 2.78. The Bertz CT molecular complexity index is 225. The van der Waals surface area contributed by atoms with Gasteiger partial charge in [-0.25, -0.2) is 4.98 Å². The Labute approximate surface area is 60.2 Å². The van der Waals surface area contributed by atoms with Gasteiger partial charge in [-0.2, -0.15) is 5.10 Å². The second-order valence-electron chi connectivity index (χ2n) is 1.99. The lowest BCUT2D eigenvalue weighted by Gasteiger charge is -1.79. The lowest BCUT2D eigenvalue weighted by atomic mass is 10.4. The van der Waals surface area contributed by atoms with Crippen molar-refractivity contribution in [3.8, 4) is 0 Å². The molecular formula is C7H11N3. The van der Waals surface area contributed by atoms with Crippen molar-refractivity contribution < 1.29 is 0 Å². The minimum absolute atomic E-state index is 0.763. The molecule has 0 spiro atoms. The van der Waals surface area contributed by atoms with Crippen LogP contribution in [0.4, 0.5) is 0 Å². The molecule has 1 rings (SSSR count). The maximum absolute atomic E-state index is 4.16. The summed E-state index contributed by atoms with van der Waals surface area (Å²) in [5, 5.41) is 6.78.